The Kier molecular flexibility index (Phi) is 4.04. The van der Waals surface area contributed by atoms with Crippen molar-refractivity contribution in [2.75, 3.05) is 31.1 Å². The second-order valence-electron chi connectivity index (χ2n) is 5.44. The number of piperazine rings is 1. The third kappa shape index (κ3) is 3.08. The largest absolute Gasteiger partial charge is 0.368 e. The van der Waals surface area contributed by atoms with Crippen molar-refractivity contribution in [1.82, 2.24) is 9.88 Å². The van der Waals surface area contributed by atoms with Crippen LogP contribution in [0.25, 0.3) is 0 Å². The fraction of sp³-hybridized carbons (Fsp3) is 0.294. The Morgan fingerprint density at radius 1 is 1.05 bits per heavy atom. The SMILES string of the molecule is Cc1ccc(C(=O)N2CCN(c3ccc(F)cc3)CC2)cn1. The van der Waals surface area contributed by atoms with E-state index >= 15 is 0 Å². The summed E-state index contributed by atoms with van der Waals surface area (Å²) in [5, 5.41) is 0. The number of aromatic nitrogens is 1. The van der Waals surface area contributed by atoms with Gasteiger partial charge in [0.25, 0.3) is 5.91 Å². The van der Waals surface area contributed by atoms with E-state index in [-0.39, 0.29) is 11.7 Å². The van der Waals surface area contributed by atoms with Crippen molar-refractivity contribution in [1.29, 1.82) is 0 Å². The summed E-state index contributed by atoms with van der Waals surface area (Å²) in [4.78, 5) is 20.6. The van der Waals surface area contributed by atoms with Crippen LogP contribution in [-0.2, 0) is 0 Å². The second-order valence-corrected chi connectivity index (χ2v) is 5.44. The number of hydrogen-bond acceptors (Lipinski definition) is 3. The van der Waals surface area contributed by atoms with Crippen molar-refractivity contribution in [3.63, 3.8) is 0 Å². The number of nitrogens with zero attached hydrogens (tertiary/aromatic N) is 3. The summed E-state index contributed by atoms with van der Waals surface area (Å²) in [6.07, 6.45) is 1.63. The molecule has 0 aliphatic carbocycles. The molecule has 1 aliphatic heterocycles. The van der Waals surface area contributed by atoms with Gasteiger partial charge in [-0.3, -0.25) is 9.78 Å². The van der Waals surface area contributed by atoms with Crippen LogP contribution in [-0.4, -0.2) is 42.0 Å². The summed E-state index contributed by atoms with van der Waals surface area (Å²) in [6.45, 7) is 4.71. The summed E-state index contributed by atoms with van der Waals surface area (Å²) in [5.74, 6) is -0.212. The molecule has 1 aliphatic rings. The molecule has 2 aromatic rings. The lowest BCUT2D eigenvalue weighted by Gasteiger charge is -2.36. The molecule has 4 nitrogen and oxygen atoms in total. The highest BCUT2D eigenvalue weighted by atomic mass is 19.1. The second kappa shape index (κ2) is 6.13. The maximum Gasteiger partial charge on any atom is 0.255 e. The van der Waals surface area contributed by atoms with Gasteiger partial charge in [0.1, 0.15) is 5.82 Å². The molecule has 2 heterocycles. The summed E-state index contributed by atoms with van der Waals surface area (Å²) < 4.78 is 13.0. The van der Waals surface area contributed by atoms with Crippen LogP contribution < -0.4 is 4.90 Å². The maximum atomic E-state index is 13.0. The van der Waals surface area contributed by atoms with Crippen LogP contribution in [0, 0.1) is 12.7 Å². The average Bonchev–Trinajstić information content (AvgIpc) is 2.56. The number of halogens is 1. The molecular weight excluding hydrogens is 281 g/mol. The van der Waals surface area contributed by atoms with Crippen molar-refractivity contribution < 1.29 is 9.18 Å². The lowest BCUT2D eigenvalue weighted by molar-refractivity contribution is 0.0746. The molecule has 1 fully saturated rings. The first-order chi connectivity index (χ1) is 10.6. The molecule has 0 N–H and O–H groups in total. The quantitative estimate of drug-likeness (QED) is 0.855. The number of carbonyl (C=O) groups excluding carboxylic acids is 1. The van der Waals surface area contributed by atoms with Gasteiger partial charge in [-0.15, -0.1) is 0 Å². The summed E-state index contributed by atoms with van der Waals surface area (Å²) >= 11 is 0. The first kappa shape index (κ1) is 14.5. The van der Waals surface area contributed by atoms with Crippen molar-refractivity contribution in [3.05, 3.63) is 59.7 Å². The van der Waals surface area contributed by atoms with Crippen LogP contribution in [0.5, 0.6) is 0 Å². The molecule has 114 valence electrons. The zero-order valence-corrected chi connectivity index (χ0v) is 12.5. The van der Waals surface area contributed by atoms with Crippen LogP contribution in [0.2, 0.25) is 0 Å². The van der Waals surface area contributed by atoms with Crippen molar-refractivity contribution in [2.45, 2.75) is 6.92 Å². The van der Waals surface area contributed by atoms with E-state index in [2.05, 4.69) is 9.88 Å². The minimum Gasteiger partial charge on any atom is -0.368 e. The van der Waals surface area contributed by atoms with E-state index in [0.29, 0.717) is 18.7 Å². The Morgan fingerprint density at radius 3 is 2.32 bits per heavy atom. The molecule has 1 aromatic heterocycles. The highest BCUT2D eigenvalue weighted by molar-refractivity contribution is 5.94. The van der Waals surface area contributed by atoms with Gasteiger partial charge in [0.2, 0.25) is 0 Å². The molecule has 0 atom stereocenters. The predicted octanol–water partition coefficient (Wildman–Crippen LogP) is 2.49. The fourth-order valence-electron chi connectivity index (χ4n) is 2.60. The number of hydrogen-bond donors (Lipinski definition) is 0. The number of carbonyl (C=O) groups is 1. The minimum absolute atomic E-state index is 0.0197. The highest BCUT2D eigenvalue weighted by Gasteiger charge is 2.22. The zero-order valence-electron chi connectivity index (χ0n) is 12.5. The van der Waals surface area contributed by atoms with E-state index in [0.717, 1.165) is 24.5 Å². The van der Waals surface area contributed by atoms with Gasteiger partial charge in [-0.2, -0.15) is 0 Å². The molecule has 22 heavy (non-hydrogen) atoms. The Hall–Kier alpha value is -2.43. The van der Waals surface area contributed by atoms with Crippen molar-refractivity contribution in [2.24, 2.45) is 0 Å². The molecule has 0 unspecified atom stereocenters. The molecule has 1 amide bonds. The fourth-order valence-corrected chi connectivity index (χ4v) is 2.60. The first-order valence-electron chi connectivity index (χ1n) is 7.36. The van der Waals surface area contributed by atoms with Gasteiger partial charge in [0, 0.05) is 43.8 Å². The number of amides is 1. The van der Waals surface area contributed by atoms with Gasteiger partial charge in [-0.1, -0.05) is 0 Å². The predicted molar refractivity (Wildman–Crippen MR) is 83.5 cm³/mol. The van der Waals surface area contributed by atoms with E-state index in [1.165, 1.54) is 12.1 Å². The molecular formula is C17H18FN3O. The Bertz CT molecular complexity index is 647. The van der Waals surface area contributed by atoms with E-state index in [9.17, 15) is 9.18 Å². The standard InChI is InChI=1S/C17H18FN3O/c1-13-2-3-14(12-19-13)17(22)21-10-8-20(9-11-21)16-6-4-15(18)5-7-16/h2-7,12H,8-11H2,1H3. The topological polar surface area (TPSA) is 36.4 Å². The van der Waals surface area contributed by atoms with E-state index in [1.807, 2.05) is 24.0 Å². The lowest BCUT2D eigenvalue weighted by atomic mass is 10.2. The number of rotatable bonds is 2. The highest BCUT2D eigenvalue weighted by Crippen LogP contribution is 2.17. The minimum atomic E-state index is -0.232. The Morgan fingerprint density at radius 2 is 1.73 bits per heavy atom. The smallest absolute Gasteiger partial charge is 0.255 e. The van der Waals surface area contributed by atoms with Crippen LogP contribution in [0.1, 0.15) is 16.1 Å². The molecule has 0 bridgehead atoms. The van der Waals surface area contributed by atoms with Crippen LogP contribution in [0.15, 0.2) is 42.6 Å². The van der Waals surface area contributed by atoms with E-state index in [4.69, 9.17) is 0 Å². The monoisotopic (exact) mass is 299 g/mol. The van der Waals surface area contributed by atoms with Crippen molar-refractivity contribution >= 4 is 11.6 Å². The molecule has 0 spiro atoms. The van der Waals surface area contributed by atoms with Crippen LogP contribution in [0.4, 0.5) is 10.1 Å². The van der Waals surface area contributed by atoms with Crippen molar-refractivity contribution in [3.8, 4) is 0 Å². The number of aryl methyl sites for hydroxylation is 1. The first-order valence-corrected chi connectivity index (χ1v) is 7.36. The third-order valence-electron chi connectivity index (χ3n) is 3.92. The molecule has 3 rings (SSSR count). The Labute approximate surface area is 129 Å². The van der Waals surface area contributed by atoms with Gasteiger partial charge < -0.3 is 9.80 Å². The molecule has 5 heteroatoms. The number of pyridine rings is 1. The lowest BCUT2D eigenvalue weighted by Crippen LogP contribution is -2.48. The Balaban J connectivity index is 1.62. The molecule has 1 saturated heterocycles. The molecule has 0 radical (unpaired) electrons. The van der Waals surface area contributed by atoms with Gasteiger partial charge in [-0.25, -0.2) is 4.39 Å². The average molecular weight is 299 g/mol. The zero-order chi connectivity index (χ0) is 15.5. The van der Waals surface area contributed by atoms with Crippen LogP contribution >= 0.6 is 0 Å². The summed E-state index contributed by atoms with van der Waals surface area (Å²) in [7, 11) is 0. The number of benzene rings is 1. The van der Waals surface area contributed by atoms with Gasteiger partial charge in [0.15, 0.2) is 0 Å². The van der Waals surface area contributed by atoms with Crippen LogP contribution in [0.3, 0.4) is 0 Å². The van der Waals surface area contributed by atoms with E-state index in [1.54, 1.807) is 18.3 Å². The normalized spacial score (nSPS) is 15.0. The van der Waals surface area contributed by atoms with Gasteiger partial charge in [0.05, 0.1) is 5.56 Å². The molecule has 0 saturated carbocycles. The summed E-state index contributed by atoms with van der Waals surface area (Å²) in [6, 6.07) is 10.1. The third-order valence-corrected chi connectivity index (χ3v) is 3.92. The van der Waals surface area contributed by atoms with Gasteiger partial charge in [-0.05, 0) is 43.3 Å². The van der Waals surface area contributed by atoms with Gasteiger partial charge >= 0.3 is 0 Å². The maximum absolute atomic E-state index is 13.0. The number of anilines is 1. The summed E-state index contributed by atoms with van der Waals surface area (Å²) in [5.41, 5.74) is 2.52. The molecule has 1 aromatic carbocycles. The van der Waals surface area contributed by atoms with E-state index < -0.39 is 0 Å².